The maximum absolute atomic E-state index is 11.9. The number of amides is 2. The smallest absolute Gasteiger partial charge is 0.313 e. The Morgan fingerprint density at radius 1 is 1.38 bits per heavy atom. The van der Waals surface area contributed by atoms with E-state index in [0.29, 0.717) is 23.2 Å². The molecule has 0 bridgehead atoms. The van der Waals surface area contributed by atoms with Crippen LogP contribution in [0, 0.1) is 18.3 Å². The Kier molecular flexibility index (Phi) is 5.44. The first-order chi connectivity index (χ1) is 9.86. The Balaban J connectivity index is 2.86. The second-order valence-corrected chi connectivity index (χ2v) is 5.09. The van der Waals surface area contributed by atoms with E-state index in [1.165, 1.54) is 0 Å². The second-order valence-electron chi connectivity index (χ2n) is 5.09. The number of hydrogen-bond acceptors (Lipinski definition) is 4. The number of carbonyl (C=O) groups is 2. The highest BCUT2D eigenvalue weighted by atomic mass is 16.3. The molecule has 0 aromatic heterocycles. The summed E-state index contributed by atoms with van der Waals surface area (Å²) < 4.78 is 0. The fraction of sp³-hybridized carbons (Fsp3) is 0.400. The zero-order valence-corrected chi connectivity index (χ0v) is 12.4. The van der Waals surface area contributed by atoms with Crippen LogP contribution < -0.4 is 10.6 Å². The number of aryl methyl sites for hydroxylation is 1. The molecule has 0 saturated carbocycles. The van der Waals surface area contributed by atoms with Gasteiger partial charge in [-0.25, -0.2) is 0 Å². The summed E-state index contributed by atoms with van der Waals surface area (Å²) in [5, 5.41) is 23.2. The van der Waals surface area contributed by atoms with Crippen molar-refractivity contribution in [3.05, 3.63) is 29.3 Å². The quantitative estimate of drug-likeness (QED) is 0.722. The first-order valence-electron chi connectivity index (χ1n) is 6.61. The van der Waals surface area contributed by atoms with E-state index in [-0.39, 0.29) is 6.61 Å². The Bertz CT molecular complexity index is 586. The molecule has 0 aliphatic heterocycles. The monoisotopic (exact) mass is 289 g/mol. The SMILES string of the molecule is CCC(C)(CO)NC(=O)C(=O)Nc1cccc(C)c1C#N. The van der Waals surface area contributed by atoms with Gasteiger partial charge in [0.05, 0.1) is 23.4 Å². The molecule has 0 spiro atoms. The van der Waals surface area contributed by atoms with Crippen molar-refractivity contribution in [2.24, 2.45) is 0 Å². The molecule has 0 heterocycles. The Morgan fingerprint density at radius 2 is 2.05 bits per heavy atom. The van der Waals surface area contributed by atoms with Crippen LogP contribution in [0.4, 0.5) is 5.69 Å². The number of nitrogens with one attached hydrogen (secondary N) is 2. The molecular formula is C15H19N3O3. The van der Waals surface area contributed by atoms with Crippen LogP contribution in [0.25, 0.3) is 0 Å². The lowest BCUT2D eigenvalue weighted by Gasteiger charge is -2.26. The maximum atomic E-state index is 11.9. The van der Waals surface area contributed by atoms with Gasteiger partial charge in [-0.1, -0.05) is 19.1 Å². The van der Waals surface area contributed by atoms with Crippen molar-refractivity contribution in [3.8, 4) is 6.07 Å². The molecule has 1 atom stereocenters. The predicted octanol–water partition coefficient (Wildman–Crippen LogP) is 1.08. The van der Waals surface area contributed by atoms with Crippen molar-refractivity contribution >= 4 is 17.5 Å². The van der Waals surface area contributed by atoms with Crippen LogP contribution in [0.2, 0.25) is 0 Å². The average molecular weight is 289 g/mol. The first kappa shape index (κ1) is 16.7. The van der Waals surface area contributed by atoms with Crippen LogP contribution in [0.1, 0.15) is 31.4 Å². The molecule has 1 rings (SSSR count). The molecule has 2 amide bonds. The van der Waals surface area contributed by atoms with Gasteiger partial charge in [0.1, 0.15) is 6.07 Å². The summed E-state index contributed by atoms with van der Waals surface area (Å²) in [6, 6.07) is 6.98. The third-order valence-corrected chi connectivity index (χ3v) is 3.38. The number of nitrogens with zero attached hydrogens (tertiary/aromatic N) is 1. The summed E-state index contributed by atoms with van der Waals surface area (Å²) >= 11 is 0. The number of rotatable bonds is 4. The van der Waals surface area contributed by atoms with Gasteiger partial charge in [0, 0.05) is 0 Å². The molecule has 6 heteroatoms. The average Bonchev–Trinajstić information content (AvgIpc) is 2.47. The van der Waals surface area contributed by atoms with E-state index in [9.17, 15) is 14.7 Å². The van der Waals surface area contributed by atoms with Crippen LogP contribution in [-0.4, -0.2) is 29.1 Å². The number of anilines is 1. The minimum absolute atomic E-state index is 0.267. The summed E-state index contributed by atoms with van der Waals surface area (Å²) in [6.07, 6.45) is 0.483. The largest absolute Gasteiger partial charge is 0.394 e. The molecule has 0 fully saturated rings. The maximum Gasteiger partial charge on any atom is 0.313 e. The van der Waals surface area contributed by atoms with Crippen LogP contribution in [0.3, 0.4) is 0 Å². The highest BCUT2D eigenvalue weighted by Crippen LogP contribution is 2.18. The van der Waals surface area contributed by atoms with E-state index in [1.54, 1.807) is 39.0 Å². The van der Waals surface area contributed by atoms with E-state index in [4.69, 9.17) is 5.26 Å². The van der Waals surface area contributed by atoms with Gasteiger partial charge in [-0.15, -0.1) is 0 Å². The molecule has 0 aliphatic carbocycles. The van der Waals surface area contributed by atoms with E-state index in [1.807, 2.05) is 6.07 Å². The van der Waals surface area contributed by atoms with Crippen LogP contribution in [0.15, 0.2) is 18.2 Å². The van der Waals surface area contributed by atoms with Crippen molar-refractivity contribution in [2.75, 3.05) is 11.9 Å². The summed E-state index contributed by atoms with van der Waals surface area (Å²) in [5.41, 5.74) is 0.474. The van der Waals surface area contributed by atoms with Crippen molar-refractivity contribution in [1.29, 1.82) is 5.26 Å². The number of nitriles is 1. The molecule has 21 heavy (non-hydrogen) atoms. The minimum atomic E-state index is -0.870. The molecule has 3 N–H and O–H groups in total. The van der Waals surface area contributed by atoms with Gasteiger partial charge in [-0.3, -0.25) is 9.59 Å². The lowest BCUT2D eigenvalue weighted by molar-refractivity contribution is -0.137. The highest BCUT2D eigenvalue weighted by Gasteiger charge is 2.27. The molecule has 1 unspecified atom stereocenters. The minimum Gasteiger partial charge on any atom is -0.394 e. The van der Waals surface area contributed by atoms with Crippen molar-refractivity contribution in [1.82, 2.24) is 5.32 Å². The third kappa shape index (κ3) is 4.04. The number of aliphatic hydroxyl groups excluding tert-OH is 1. The van der Waals surface area contributed by atoms with Crippen LogP contribution >= 0.6 is 0 Å². The number of benzene rings is 1. The van der Waals surface area contributed by atoms with Gasteiger partial charge in [-0.2, -0.15) is 5.26 Å². The molecule has 0 radical (unpaired) electrons. The molecule has 6 nitrogen and oxygen atoms in total. The molecule has 1 aromatic carbocycles. The van der Waals surface area contributed by atoms with E-state index < -0.39 is 17.4 Å². The van der Waals surface area contributed by atoms with Crippen molar-refractivity contribution in [3.63, 3.8) is 0 Å². The third-order valence-electron chi connectivity index (χ3n) is 3.38. The van der Waals surface area contributed by atoms with E-state index in [0.717, 1.165) is 0 Å². The molecule has 1 aromatic rings. The number of carbonyl (C=O) groups excluding carboxylic acids is 2. The Morgan fingerprint density at radius 3 is 2.57 bits per heavy atom. The zero-order valence-electron chi connectivity index (χ0n) is 12.4. The second kappa shape index (κ2) is 6.86. The summed E-state index contributed by atoms with van der Waals surface area (Å²) in [7, 11) is 0. The van der Waals surface area contributed by atoms with Gasteiger partial charge in [0.25, 0.3) is 0 Å². The summed E-state index contributed by atoms with van der Waals surface area (Å²) in [6.45, 7) is 4.92. The van der Waals surface area contributed by atoms with Gasteiger partial charge in [-0.05, 0) is 31.9 Å². The van der Waals surface area contributed by atoms with Gasteiger partial charge in [0.15, 0.2) is 0 Å². The number of hydrogen-bond donors (Lipinski definition) is 3. The normalized spacial score (nSPS) is 12.9. The standard InChI is InChI=1S/C15H19N3O3/c1-4-15(3,9-19)18-14(21)13(20)17-12-7-5-6-10(2)11(12)8-16/h5-7,19H,4,9H2,1-3H3,(H,17,20)(H,18,21). The molecule has 0 aliphatic rings. The van der Waals surface area contributed by atoms with E-state index in [2.05, 4.69) is 10.6 Å². The molecular weight excluding hydrogens is 270 g/mol. The fourth-order valence-electron chi connectivity index (χ4n) is 1.67. The zero-order chi connectivity index (χ0) is 16.0. The molecule has 0 saturated heterocycles. The van der Waals surface area contributed by atoms with E-state index >= 15 is 0 Å². The van der Waals surface area contributed by atoms with Crippen molar-refractivity contribution < 1.29 is 14.7 Å². The highest BCUT2D eigenvalue weighted by molar-refractivity contribution is 6.39. The topological polar surface area (TPSA) is 102 Å². The van der Waals surface area contributed by atoms with Gasteiger partial charge in [0.2, 0.25) is 0 Å². The summed E-state index contributed by atoms with van der Waals surface area (Å²) in [5.74, 6) is -1.72. The van der Waals surface area contributed by atoms with Gasteiger partial charge < -0.3 is 15.7 Å². The lowest BCUT2D eigenvalue weighted by atomic mass is 10.0. The first-order valence-corrected chi connectivity index (χ1v) is 6.61. The van der Waals surface area contributed by atoms with Gasteiger partial charge >= 0.3 is 11.8 Å². The predicted molar refractivity (Wildman–Crippen MR) is 78.4 cm³/mol. The Hall–Kier alpha value is -2.39. The summed E-state index contributed by atoms with van der Waals surface area (Å²) in [4.78, 5) is 23.7. The Labute approximate surface area is 123 Å². The lowest BCUT2D eigenvalue weighted by Crippen LogP contribution is -2.51. The van der Waals surface area contributed by atoms with Crippen LogP contribution in [-0.2, 0) is 9.59 Å². The molecule has 112 valence electrons. The van der Waals surface area contributed by atoms with Crippen molar-refractivity contribution in [2.45, 2.75) is 32.7 Å². The number of aliphatic hydroxyl groups is 1. The van der Waals surface area contributed by atoms with Crippen LogP contribution in [0.5, 0.6) is 0 Å². The fourth-order valence-corrected chi connectivity index (χ4v) is 1.67.